The van der Waals surface area contributed by atoms with Crippen molar-refractivity contribution >= 4 is 11.3 Å². The molecule has 2 heterocycles. The Hall–Kier alpha value is -1.46. The minimum Gasteiger partial charge on any atom is -0.483 e. The molecule has 1 aromatic heterocycles. The normalized spacial score (nSPS) is 22.4. The molecular weight excluding hydrogens is 253 g/mol. The van der Waals surface area contributed by atoms with E-state index in [2.05, 4.69) is 4.98 Å². The smallest absolute Gasteiger partial charge is 0.153 e. The van der Waals surface area contributed by atoms with Crippen molar-refractivity contribution in [3.8, 4) is 5.75 Å². The second-order valence-corrected chi connectivity index (χ2v) is 5.26. The van der Waals surface area contributed by atoms with Gasteiger partial charge in [-0.3, -0.25) is 0 Å². The van der Waals surface area contributed by atoms with Crippen molar-refractivity contribution in [1.29, 1.82) is 0 Å². The lowest BCUT2D eigenvalue weighted by molar-refractivity contribution is 0.0651. The quantitative estimate of drug-likeness (QED) is 0.861. The first-order valence-electron chi connectivity index (χ1n) is 5.69. The Kier molecular flexibility index (Phi) is 2.80. The van der Waals surface area contributed by atoms with E-state index in [1.165, 1.54) is 23.5 Å². The number of hydrogen-bond acceptors (Lipinski definition) is 4. The van der Waals surface area contributed by atoms with Crippen LogP contribution in [0.5, 0.6) is 5.75 Å². The van der Waals surface area contributed by atoms with E-state index in [1.54, 1.807) is 6.07 Å². The molecule has 2 unspecified atom stereocenters. The zero-order chi connectivity index (χ0) is 12.7. The summed E-state index contributed by atoms with van der Waals surface area (Å²) in [7, 11) is 0. The van der Waals surface area contributed by atoms with Gasteiger partial charge in [0.2, 0.25) is 0 Å². The highest BCUT2D eigenvalue weighted by molar-refractivity contribution is 7.09. The maximum atomic E-state index is 13.1. The SMILES string of the molecule is Cc1csc(C2CC(O)c3cc(F)ccc3O2)n1. The molecule has 0 fully saturated rings. The molecule has 1 N–H and O–H groups in total. The number of aliphatic hydroxyl groups is 1. The van der Waals surface area contributed by atoms with E-state index in [-0.39, 0.29) is 11.9 Å². The number of halogens is 1. The van der Waals surface area contributed by atoms with Gasteiger partial charge in [-0.05, 0) is 25.1 Å². The first-order chi connectivity index (χ1) is 8.63. The molecule has 0 spiro atoms. The Morgan fingerprint density at radius 2 is 2.33 bits per heavy atom. The number of aromatic nitrogens is 1. The lowest BCUT2D eigenvalue weighted by Gasteiger charge is -2.28. The zero-order valence-electron chi connectivity index (χ0n) is 9.76. The summed E-state index contributed by atoms with van der Waals surface area (Å²) in [6, 6.07) is 4.21. The fourth-order valence-corrected chi connectivity index (χ4v) is 2.93. The van der Waals surface area contributed by atoms with Gasteiger partial charge in [-0.2, -0.15) is 0 Å². The highest BCUT2D eigenvalue weighted by Gasteiger charge is 2.30. The van der Waals surface area contributed by atoms with Gasteiger partial charge < -0.3 is 9.84 Å². The first-order valence-corrected chi connectivity index (χ1v) is 6.57. The summed E-state index contributed by atoms with van der Waals surface area (Å²) in [6.07, 6.45) is -0.557. The van der Waals surface area contributed by atoms with Crippen LogP contribution in [-0.4, -0.2) is 10.1 Å². The summed E-state index contributed by atoms with van der Waals surface area (Å²) in [6.45, 7) is 1.92. The molecular formula is C13H12FNO2S. The van der Waals surface area contributed by atoms with E-state index in [9.17, 15) is 9.50 Å². The predicted molar refractivity (Wildman–Crippen MR) is 66.2 cm³/mol. The second kappa shape index (κ2) is 4.33. The van der Waals surface area contributed by atoms with Crippen molar-refractivity contribution < 1.29 is 14.2 Å². The van der Waals surface area contributed by atoms with E-state index in [0.717, 1.165) is 10.7 Å². The Morgan fingerprint density at radius 3 is 3.06 bits per heavy atom. The molecule has 0 saturated carbocycles. The average Bonchev–Trinajstić information content (AvgIpc) is 2.77. The van der Waals surface area contributed by atoms with E-state index >= 15 is 0 Å². The Labute approximate surface area is 108 Å². The third kappa shape index (κ3) is 2.00. The van der Waals surface area contributed by atoms with Crippen molar-refractivity contribution in [2.45, 2.75) is 25.6 Å². The molecule has 2 aromatic rings. The molecule has 1 aliphatic rings. The molecule has 0 aliphatic carbocycles. The number of thiazole rings is 1. The molecule has 1 aromatic carbocycles. The van der Waals surface area contributed by atoms with Crippen molar-refractivity contribution in [3.63, 3.8) is 0 Å². The number of ether oxygens (including phenoxy) is 1. The van der Waals surface area contributed by atoms with E-state index < -0.39 is 6.10 Å². The van der Waals surface area contributed by atoms with Crippen molar-refractivity contribution in [2.75, 3.05) is 0 Å². The maximum absolute atomic E-state index is 13.1. The highest BCUT2D eigenvalue weighted by Crippen LogP contribution is 2.41. The number of benzene rings is 1. The van der Waals surface area contributed by atoms with Crippen molar-refractivity contribution in [1.82, 2.24) is 4.98 Å². The molecule has 3 rings (SSSR count). The number of rotatable bonds is 1. The molecule has 3 nitrogen and oxygen atoms in total. The van der Waals surface area contributed by atoms with E-state index in [4.69, 9.17) is 4.74 Å². The minimum absolute atomic E-state index is 0.253. The van der Waals surface area contributed by atoms with Gasteiger partial charge >= 0.3 is 0 Å². The first kappa shape index (κ1) is 11.6. The Balaban J connectivity index is 1.94. The number of aliphatic hydroxyl groups excluding tert-OH is 1. The second-order valence-electron chi connectivity index (χ2n) is 4.37. The molecule has 0 saturated heterocycles. The average molecular weight is 265 g/mol. The minimum atomic E-state index is -0.710. The zero-order valence-corrected chi connectivity index (χ0v) is 10.6. The monoisotopic (exact) mass is 265 g/mol. The fraction of sp³-hybridized carbons (Fsp3) is 0.308. The van der Waals surface area contributed by atoms with Crippen molar-refractivity contribution in [2.24, 2.45) is 0 Å². The van der Waals surface area contributed by atoms with Gasteiger partial charge in [-0.25, -0.2) is 9.37 Å². The standard InChI is InChI=1S/C13H12FNO2S/c1-7-6-18-13(15-7)12-5-10(16)9-4-8(14)2-3-11(9)17-12/h2-4,6,10,12,16H,5H2,1H3. The van der Waals surface area contributed by atoms with Crippen molar-refractivity contribution in [3.05, 3.63) is 45.7 Å². The molecule has 18 heavy (non-hydrogen) atoms. The Morgan fingerprint density at radius 1 is 1.50 bits per heavy atom. The van der Waals surface area contributed by atoms with Gasteiger partial charge in [0.25, 0.3) is 0 Å². The van der Waals surface area contributed by atoms with Crippen LogP contribution in [0.25, 0.3) is 0 Å². The van der Waals surface area contributed by atoms with Gasteiger partial charge in [0, 0.05) is 23.1 Å². The molecule has 0 radical (unpaired) electrons. The molecule has 1 aliphatic heterocycles. The number of hydrogen-bond donors (Lipinski definition) is 1. The third-order valence-corrected chi connectivity index (χ3v) is 4.00. The molecule has 94 valence electrons. The summed E-state index contributed by atoms with van der Waals surface area (Å²) < 4.78 is 18.9. The van der Waals surface area contributed by atoms with Crippen LogP contribution in [0.15, 0.2) is 23.6 Å². The van der Waals surface area contributed by atoms with Gasteiger partial charge in [-0.1, -0.05) is 0 Å². The molecule has 2 atom stereocenters. The van der Waals surface area contributed by atoms with Crippen LogP contribution < -0.4 is 4.74 Å². The van der Waals surface area contributed by atoms with Gasteiger partial charge in [0.15, 0.2) is 6.10 Å². The van der Waals surface area contributed by atoms with Crippen LogP contribution in [0, 0.1) is 12.7 Å². The Bertz CT molecular complexity index is 584. The largest absolute Gasteiger partial charge is 0.483 e. The molecule has 5 heteroatoms. The topological polar surface area (TPSA) is 42.4 Å². The third-order valence-electron chi connectivity index (χ3n) is 2.95. The van der Waals surface area contributed by atoms with Crippen LogP contribution >= 0.6 is 11.3 Å². The van der Waals surface area contributed by atoms with Gasteiger partial charge in [0.05, 0.1) is 6.10 Å². The summed E-state index contributed by atoms with van der Waals surface area (Å²) in [5.41, 5.74) is 1.46. The summed E-state index contributed by atoms with van der Waals surface area (Å²) in [5.74, 6) is 0.174. The number of aryl methyl sites for hydroxylation is 1. The fourth-order valence-electron chi connectivity index (χ4n) is 2.09. The van der Waals surface area contributed by atoms with Crippen LogP contribution in [0.3, 0.4) is 0 Å². The van der Waals surface area contributed by atoms with E-state index in [1.807, 2.05) is 12.3 Å². The predicted octanol–water partition coefficient (Wildman–Crippen LogP) is 3.15. The lowest BCUT2D eigenvalue weighted by atomic mass is 9.99. The number of fused-ring (bicyclic) bond motifs is 1. The lowest BCUT2D eigenvalue weighted by Crippen LogP contribution is -2.19. The van der Waals surface area contributed by atoms with Crippen LogP contribution in [0.2, 0.25) is 0 Å². The van der Waals surface area contributed by atoms with Crippen LogP contribution in [0.1, 0.15) is 34.9 Å². The maximum Gasteiger partial charge on any atom is 0.153 e. The highest BCUT2D eigenvalue weighted by atomic mass is 32.1. The van der Waals surface area contributed by atoms with Crippen LogP contribution in [-0.2, 0) is 0 Å². The summed E-state index contributed by atoms with van der Waals surface area (Å²) in [4.78, 5) is 4.37. The van der Waals surface area contributed by atoms with E-state index in [0.29, 0.717) is 17.7 Å². The van der Waals surface area contributed by atoms with Gasteiger partial charge in [-0.15, -0.1) is 11.3 Å². The molecule has 0 bridgehead atoms. The number of nitrogens with zero attached hydrogens (tertiary/aromatic N) is 1. The van der Waals surface area contributed by atoms with Gasteiger partial charge in [0.1, 0.15) is 16.6 Å². The summed E-state index contributed by atoms with van der Waals surface area (Å²) >= 11 is 1.51. The summed E-state index contributed by atoms with van der Waals surface area (Å²) in [5, 5.41) is 12.9. The molecule has 0 amide bonds. The van der Waals surface area contributed by atoms with Crippen LogP contribution in [0.4, 0.5) is 4.39 Å².